The Labute approximate surface area is 113 Å². The molecule has 1 heterocycles. The largest absolute Gasteiger partial charge is 0.416 e. The van der Waals surface area contributed by atoms with Crippen molar-refractivity contribution in [2.45, 2.75) is 45.8 Å². The van der Waals surface area contributed by atoms with E-state index < -0.39 is 11.7 Å². The molecule has 108 valence electrons. The third-order valence-electron chi connectivity index (χ3n) is 3.31. The number of nitrogens with one attached hydrogen (secondary N) is 1. The fourth-order valence-corrected chi connectivity index (χ4v) is 2.27. The second kappa shape index (κ2) is 6.94. The van der Waals surface area contributed by atoms with Crippen molar-refractivity contribution in [2.24, 2.45) is 5.92 Å². The molecule has 19 heavy (non-hydrogen) atoms. The highest BCUT2D eigenvalue weighted by Gasteiger charge is 2.30. The molecule has 2 atom stereocenters. The van der Waals surface area contributed by atoms with Crippen LogP contribution in [0.15, 0.2) is 24.3 Å². The standard InChI is InChI=1S/C13H16F3N.C2H6/c1-9-6-7-17-12(8-9)10-2-4-11(5-3-10)13(14,15)16;1-2/h2-5,9,12,17H,6-8H2,1H3;1-2H3/t9-,12?;/m0./s1. The second-order valence-corrected chi connectivity index (χ2v) is 4.76. The first-order valence-corrected chi connectivity index (χ1v) is 6.87. The summed E-state index contributed by atoms with van der Waals surface area (Å²) in [5, 5.41) is 3.34. The first kappa shape index (κ1) is 16.0. The molecular formula is C15H22F3N. The highest BCUT2D eigenvalue weighted by atomic mass is 19.4. The smallest absolute Gasteiger partial charge is 0.310 e. The fourth-order valence-electron chi connectivity index (χ4n) is 2.27. The molecule has 1 fully saturated rings. The van der Waals surface area contributed by atoms with Crippen LogP contribution >= 0.6 is 0 Å². The second-order valence-electron chi connectivity index (χ2n) is 4.76. The van der Waals surface area contributed by atoms with E-state index in [4.69, 9.17) is 0 Å². The van der Waals surface area contributed by atoms with Gasteiger partial charge >= 0.3 is 6.18 Å². The van der Waals surface area contributed by atoms with Gasteiger partial charge in [-0.15, -0.1) is 0 Å². The van der Waals surface area contributed by atoms with Crippen molar-refractivity contribution in [1.82, 2.24) is 5.32 Å². The summed E-state index contributed by atoms with van der Waals surface area (Å²) in [5.41, 5.74) is 0.370. The van der Waals surface area contributed by atoms with Gasteiger partial charge < -0.3 is 5.32 Å². The first-order valence-electron chi connectivity index (χ1n) is 6.87. The summed E-state index contributed by atoms with van der Waals surface area (Å²) in [7, 11) is 0. The van der Waals surface area contributed by atoms with E-state index in [1.165, 1.54) is 0 Å². The van der Waals surface area contributed by atoms with Crippen LogP contribution in [0, 0.1) is 5.92 Å². The van der Waals surface area contributed by atoms with Crippen LogP contribution in [0.1, 0.15) is 50.8 Å². The van der Waals surface area contributed by atoms with E-state index in [9.17, 15) is 13.2 Å². The van der Waals surface area contributed by atoms with Gasteiger partial charge in [0, 0.05) is 6.04 Å². The van der Waals surface area contributed by atoms with Crippen molar-refractivity contribution < 1.29 is 13.2 Å². The van der Waals surface area contributed by atoms with Gasteiger partial charge in [-0.25, -0.2) is 0 Å². The number of hydrogen-bond acceptors (Lipinski definition) is 1. The number of rotatable bonds is 1. The lowest BCUT2D eigenvalue weighted by Gasteiger charge is -2.28. The Hall–Kier alpha value is -1.03. The molecule has 0 saturated carbocycles. The van der Waals surface area contributed by atoms with Gasteiger partial charge in [0.05, 0.1) is 5.56 Å². The van der Waals surface area contributed by atoms with Crippen molar-refractivity contribution >= 4 is 0 Å². The quantitative estimate of drug-likeness (QED) is 0.775. The zero-order valence-electron chi connectivity index (χ0n) is 11.7. The topological polar surface area (TPSA) is 12.0 Å². The lowest BCUT2D eigenvalue weighted by molar-refractivity contribution is -0.137. The van der Waals surface area contributed by atoms with Crippen LogP contribution in [0.2, 0.25) is 0 Å². The van der Waals surface area contributed by atoms with Crippen molar-refractivity contribution in [1.29, 1.82) is 0 Å². The van der Waals surface area contributed by atoms with Crippen LogP contribution < -0.4 is 5.32 Å². The SMILES string of the molecule is CC.C[C@H]1CCNC(c2ccc(C(F)(F)F)cc2)C1. The van der Waals surface area contributed by atoms with Crippen molar-refractivity contribution in [3.8, 4) is 0 Å². The van der Waals surface area contributed by atoms with Gasteiger partial charge in [-0.2, -0.15) is 13.2 Å². The Morgan fingerprint density at radius 3 is 2.16 bits per heavy atom. The fraction of sp³-hybridized carbons (Fsp3) is 0.600. The zero-order chi connectivity index (χ0) is 14.5. The molecule has 2 rings (SSSR count). The van der Waals surface area contributed by atoms with Crippen LogP contribution in [0.3, 0.4) is 0 Å². The molecule has 1 saturated heterocycles. The molecule has 0 aromatic heterocycles. The summed E-state index contributed by atoms with van der Waals surface area (Å²) in [6.07, 6.45) is -2.12. The van der Waals surface area contributed by atoms with Gasteiger partial charge in [-0.3, -0.25) is 0 Å². The van der Waals surface area contributed by atoms with Crippen LogP contribution in [-0.4, -0.2) is 6.54 Å². The monoisotopic (exact) mass is 273 g/mol. The Bertz CT molecular complexity index is 370. The molecule has 0 bridgehead atoms. The maximum Gasteiger partial charge on any atom is 0.416 e. The number of halogens is 3. The third-order valence-corrected chi connectivity index (χ3v) is 3.31. The lowest BCUT2D eigenvalue weighted by atomic mass is 9.90. The van der Waals surface area contributed by atoms with Crippen molar-refractivity contribution in [3.63, 3.8) is 0 Å². The maximum absolute atomic E-state index is 12.4. The number of hydrogen-bond donors (Lipinski definition) is 1. The van der Waals surface area contributed by atoms with Crippen LogP contribution in [-0.2, 0) is 6.18 Å². The molecule has 0 aliphatic carbocycles. The van der Waals surface area contributed by atoms with Gasteiger partial charge in [0.1, 0.15) is 0 Å². The Morgan fingerprint density at radius 2 is 1.68 bits per heavy atom. The Kier molecular flexibility index (Phi) is 5.85. The van der Waals surface area contributed by atoms with Crippen molar-refractivity contribution in [3.05, 3.63) is 35.4 Å². The summed E-state index contributed by atoms with van der Waals surface area (Å²) in [6, 6.07) is 5.69. The van der Waals surface area contributed by atoms with E-state index in [1.54, 1.807) is 12.1 Å². The van der Waals surface area contributed by atoms with E-state index in [0.717, 1.165) is 37.1 Å². The molecule has 1 aliphatic rings. The average Bonchev–Trinajstić information content (AvgIpc) is 2.40. The number of alkyl halides is 3. The average molecular weight is 273 g/mol. The highest BCUT2D eigenvalue weighted by Crippen LogP contribution is 2.32. The molecular weight excluding hydrogens is 251 g/mol. The van der Waals surface area contributed by atoms with Gasteiger partial charge in [-0.1, -0.05) is 32.9 Å². The molecule has 1 aliphatic heterocycles. The zero-order valence-corrected chi connectivity index (χ0v) is 11.7. The molecule has 1 aromatic rings. The van der Waals surface area contributed by atoms with E-state index in [-0.39, 0.29) is 6.04 Å². The molecule has 0 amide bonds. The Balaban J connectivity index is 0.000000861. The Morgan fingerprint density at radius 1 is 1.11 bits per heavy atom. The number of piperidine rings is 1. The molecule has 0 radical (unpaired) electrons. The van der Waals surface area contributed by atoms with Gasteiger partial charge in [0.15, 0.2) is 0 Å². The molecule has 1 aromatic carbocycles. The lowest BCUT2D eigenvalue weighted by Crippen LogP contribution is -2.30. The van der Waals surface area contributed by atoms with E-state index in [1.807, 2.05) is 13.8 Å². The summed E-state index contributed by atoms with van der Waals surface area (Å²) in [5.74, 6) is 0.628. The first-order chi connectivity index (χ1) is 8.97. The minimum absolute atomic E-state index is 0.195. The molecule has 1 N–H and O–H groups in total. The van der Waals surface area contributed by atoms with Gasteiger partial charge in [0.25, 0.3) is 0 Å². The van der Waals surface area contributed by atoms with Gasteiger partial charge in [0.2, 0.25) is 0 Å². The minimum atomic E-state index is -4.24. The van der Waals surface area contributed by atoms with E-state index in [0.29, 0.717) is 5.92 Å². The van der Waals surface area contributed by atoms with E-state index >= 15 is 0 Å². The minimum Gasteiger partial charge on any atom is -0.310 e. The molecule has 1 unspecified atom stereocenters. The molecule has 1 nitrogen and oxygen atoms in total. The normalized spacial score (nSPS) is 23.5. The highest BCUT2D eigenvalue weighted by molar-refractivity contribution is 5.27. The predicted octanol–water partition coefficient (Wildman–Crippen LogP) is 4.79. The maximum atomic E-state index is 12.4. The van der Waals surface area contributed by atoms with Crippen molar-refractivity contribution in [2.75, 3.05) is 6.54 Å². The molecule has 0 spiro atoms. The summed E-state index contributed by atoms with van der Waals surface area (Å²) in [6.45, 7) is 7.12. The summed E-state index contributed by atoms with van der Waals surface area (Å²) >= 11 is 0. The predicted molar refractivity (Wildman–Crippen MR) is 71.9 cm³/mol. The van der Waals surface area contributed by atoms with Crippen LogP contribution in [0.4, 0.5) is 13.2 Å². The van der Waals surface area contributed by atoms with E-state index in [2.05, 4.69) is 12.2 Å². The van der Waals surface area contributed by atoms with Crippen LogP contribution in [0.25, 0.3) is 0 Å². The number of benzene rings is 1. The van der Waals surface area contributed by atoms with Gasteiger partial charge in [-0.05, 0) is 43.0 Å². The third kappa shape index (κ3) is 4.53. The summed E-state index contributed by atoms with van der Waals surface area (Å²) in [4.78, 5) is 0. The molecule has 4 heteroatoms. The van der Waals surface area contributed by atoms with Crippen LogP contribution in [0.5, 0.6) is 0 Å². The summed E-state index contributed by atoms with van der Waals surface area (Å²) < 4.78 is 37.2.